The third-order valence-electron chi connectivity index (χ3n) is 4.97. The maximum absolute atomic E-state index is 12.7. The maximum atomic E-state index is 12.7. The van der Waals surface area contributed by atoms with Crippen LogP contribution in [0.4, 0.5) is 0 Å². The van der Waals surface area contributed by atoms with Gasteiger partial charge in [0.25, 0.3) is 0 Å². The van der Waals surface area contributed by atoms with Crippen LogP contribution in [0.3, 0.4) is 0 Å². The van der Waals surface area contributed by atoms with Gasteiger partial charge in [-0.25, -0.2) is 0 Å². The van der Waals surface area contributed by atoms with E-state index in [2.05, 4.69) is 0 Å². The van der Waals surface area contributed by atoms with Crippen molar-refractivity contribution < 1.29 is 38.4 Å². The predicted molar refractivity (Wildman–Crippen MR) is 93.5 cm³/mol. The summed E-state index contributed by atoms with van der Waals surface area (Å²) in [4.78, 5) is 37.5. The molecule has 148 valence electrons. The van der Waals surface area contributed by atoms with Gasteiger partial charge in [0.05, 0.1) is 40.0 Å². The van der Waals surface area contributed by atoms with Crippen LogP contribution in [0.1, 0.15) is 24.8 Å². The lowest BCUT2D eigenvalue weighted by Crippen LogP contribution is -2.55. The molecule has 0 radical (unpaired) electrons. The number of aliphatic hydroxyl groups is 1. The highest BCUT2D eigenvalue weighted by Gasteiger charge is 2.57. The lowest BCUT2D eigenvalue weighted by atomic mass is 9.61. The molecule has 0 aliphatic heterocycles. The van der Waals surface area contributed by atoms with Gasteiger partial charge in [0.15, 0.2) is 17.3 Å². The number of hydrogen-bond donors (Lipinski definition) is 1. The van der Waals surface area contributed by atoms with E-state index < -0.39 is 41.1 Å². The van der Waals surface area contributed by atoms with Gasteiger partial charge in [0.1, 0.15) is 5.92 Å². The summed E-state index contributed by atoms with van der Waals surface area (Å²) < 4.78 is 20.1. The first-order valence-electron chi connectivity index (χ1n) is 8.34. The Morgan fingerprint density at radius 1 is 1.04 bits per heavy atom. The molecule has 1 N–H and O–H groups in total. The van der Waals surface area contributed by atoms with E-state index in [1.54, 1.807) is 18.2 Å². The van der Waals surface area contributed by atoms with Gasteiger partial charge < -0.3 is 24.1 Å². The number of ketones is 1. The van der Waals surface area contributed by atoms with Crippen LogP contribution in [-0.4, -0.2) is 56.9 Å². The fourth-order valence-corrected chi connectivity index (χ4v) is 3.73. The van der Waals surface area contributed by atoms with Crippen LogP contribution in [0.5, 0.6) is 11.5 Å². The van der Waals surface area contributed by atoms with Crippen LogP contribution >= 0.6 is 0 Å². The molecule has 27 heavy (non-hydrogen) atoms. The number of carbonyl (C=O) groups excluding carboxylic acids is 3. The van der Waals surface area contributed by atoms with Crippen molar-refractivity contribution in [1.29, 1.82) is 0 Å². The van der Waals surface area contributed by atoms with Crippen molar-refractivity contribution in [2.24, 2.45) is 11.8 Å². The summed E-state index contributed by atoms with van der Waals surface area (Å²) in [7, 11) is 5.27. The van der Waals surface area contributed by atoms with Crippen molar-refractivity contribution in [3.05, 3.63) is 23.8 Å². The SMILES string of the molecule is COC(=O)[C@H]1C(=O)C[C@](C)(O)[C@H](C(=O)OC)[C@@H]1c1ccc(OC)c(OC)c1. The number of Topliss-reactive ketones (excluding diaryl/α,β-unsaturated/α-hetero) is 1. The van der Waals surface area contributed by atoms with Gasteiger partial charge in [0.2, 0.25) is 0 Å². The topological polar surface area (TPSA) is 108 Å². The van der Waals surface area contributed by atoms with Crippen LogP contribution in [0.15, 0.2) is 18.2 Å². The number of benzene rings is 1. The van der Waals surface area contributed by atoms with Gasteiger partial charge in [0, 0.05) is 12.3 Å². The molecule has 0 heterocycles. The molecule has 2 rings (SSSR count). The van der Waals surface area contributed by atoms with Crippen molar-refractivity contribution in [2.45, 2.75) is 24.9 Å². The molecule has 1 aliphatic rings. The summed E-state index contributed by atoms with van der Waals surface area (Å²) in [5.41, 5.74) is -1.24. The first-order chi connectivity index (χ1) is 12.7. The zero-order valence-electron chi connectivity index (χ0n) is 16.0. The monoisotopic (exact) mass is 380 g/mol. The zero-order valence-corrected chi connectivity index (χ0v) is 16.0. The number of ether oxygens (including phenoxy) is 4. The second kappa shape index (κ2) is 7.96. The summed E-state index contributed by atoms with van der Waals surface area (Å²) in [5.74, 6) is -4.59. The third kappa shape index (κ3) is 3.75. The van der Waals surface area contributed by atoms with Crippen molar-refractivity contribution in [3.8, 4) is 11.5 Å². The Labute approximate surface area is 157 Å². The molecule has 8 nitrogen and oxygen atoms in total. The second-order valence-electron chi connectivity index (χ2n) is 6.64. The molecular weight excluding hydrogens is 356 g/mol. The number of hydrogen-bond acceptors (Lipinski definition) is 8. The van der Waals surface area contributed by atoms with Crippen LogP contribution in [-0.2, 0) is 23.9 Å². The Morgan fingerprint density at radius 2 is 1.63 bits per heavy atom. The molecule has 0 amide bonds. The Kier molecular flexibility index (Phi) is 6.10. The Balaban J connectivity index is 2.69. The van der Waals surface area contributed by atoms with E-state index in [9.17, 15) is 19.5 Å². The molecule has 0 bridgehead atoms. The molecule has 0 spiro atoms. The average molecular weight is 380 g/mol. The Bertz CT molecular complexity index is 739. The van der Waals surface area contributed by atoms with Gasteiger partial charge in [-0.1, -0.05) is 6.07 Å². The van der Waals surface area contributed by atoms with Crippen molar-refractivity contribution >= 4 is 17.7 Å². The highest BCUT2D eigenvalue weighted by molar-refractivity contribution is 6.02. The minimum absolute atomic E-state index is 0.361. The largest absolute Gasteiger partial charge is 0.493 e. The van der Waals surface area contributed by atoms with Crippen LogP contribution in [0.2, 0.25) is 0 Å². The standard InChI is InChI=1S/C19H24O8/c1-19(23)9-11(20)15(17(21)26-4)14(16(19)18(22)27-5)10-6-7-12(24-2)13(8-10)25-3/h6-8,14-16,23H,9H2,1-5H3/t14-,15+,16+,19+/m1/s1. The lowest BCUT2D eigenvalue weighted by Gasteiger charge is -2.43. The van der Waals surface area contributed by atoms with E-state index in [-0.39, 0.29) is 6.42 Å². The van der Waals surface area contributed by atoms with E-state index in [1.807, 2.05) is 0 Å². The number of methoxy groups -OCH3 is 4. The molecule has 0 saturated heterocycles. The fourth-order valence-electron chi connectivity index (χ4n) is 3.73. The maximum Gasteiger partial charge on any atom is 0.316 e. The number of esters is 2. The minimum atomic E-state index is -1.69. The molecule has 4 atom stereocenters. The third-order valence-corrected chi connectivity index (χ3v) is 4.97. The molecule has 1 fully saturated rings. The van der Waals surface area contributed by atoms with E-state index in [1.165, 1.54) is 35.4 Å². The van der Waals surface area contributed by atoms with Crippen LogP contribution in [0.25, 0.3) is 0 Å². The van der Waals surface area contributed by atoms with Gasteiger partial charge in [-0.3, -0.25) is 14.4 Å². The molecule has 0 unspecified atom stereocenters. The first kappa shape index (κ1) is 20.7. The normalized spacial score (nSPS) is 27.6. The fraction of sp³-hybridized carbons (Fsp3) is 0.526. The van der Waals surface area contributed by atoms with Gasteiger partial charge in [-0.15, -0.1) is 0 Å². The molecule has 1 saturated carbocycles. The molecule has 1 aromatic rings. The summed E-state index contributed by atoms with van der Waals surface area (Å²) in [6.07, 6.45) is -0.365. The summed E-state index contributed by atoms with van der Waals surface area (Å²) >= 11 is 0. The Morgan fingerprint density at radius 3 is 2.15 bits per heavy atom. The Hall–Kier alpha value is -2.61. The average Bonchev–Trinajstić information content (AvgIpc) is 2.64. The minimum Gasteiger partial charge on any atom is -0.493 e. The molecule has 0 aromatic heterocycles. The van der Waals surface area contributed by atoms with Crippen LogP contribution < -0.4 is 9.47 Å². The lowest BCUT2D eigenvalue weighted by molar-refractivity contribution is -0.170. The van der Waals surface area contributed by atoms with Gasteiger partial charge in [-0.2, -0.15) is 0 Å². The second-order valence-corrected chi connectivity index (χ2v) is 6.64. The van der Waals surface area contributed by atoms with Gasteiger partial charge in [-0.05, 0) is 24.6 Å². The molecular formula is C19H24O8. The molecule has 1 aliphatic carbocycles. The zero-order chi connectivity index (χ0) is 20.4. The number of rotatable bonds is 5. The van der Waals surface area contributed by atoms with E-state index in [4.69, 9.17) is 18.9 Å². The van der Waals surface area contributed by atoms with Crippen molar-refractivity contribution in [3.63, 3.8) is 0 Å². The number of carbonyl (C=O) groups is 3. The smallest absolute Gasteiger partial charge is 0.316 e. The van der Waals surface area contributed by atoms with Gasteiger partial charge >= 0.3 is 11.9 Å². The first-order valence-corrected chi connectivity index (χ1v) is 8.34. The van der Waals surface area contributed by atoms with Crippen molar-refractivity contribution in [1.82, 2.24) is 0 Å². The predicted octanol–water partition coefficient (Wildman–Crippen LogP) is 1.09. The molecule has 8 heteroatoms. The van der Waals surface area contributed by atoms with Crippen LogP contribution in [0, 0.1) is 11.8 Å². The van der Waals surface area contributed by atoms with E-state index in [0.29, 0.717) is 17.1 Å². The highest BCUT2D eigenvalue weighted by atomic mass is 16.5. The summed E-state index contributed by atoms with van der Waals surface area (Å²) in [6.45, 7) is 1.38. The summed E-state index contributed by atoms with van der Waals surface area (Å²) in [5, 5.41) is 10.8. The summed E-state index contributed by atoms with van der Waals surface area (Å²) in [6, 6.07) is 4.79. The van der Waals surface area contributed by atoms with E-state index in [0.717, 1.165) is 0 Å². The highest BCUT2D eigenvalue weighted by Crippen LogP contribution is 2.47. The van der Waals surface area contributed by atoms with E-state index >= 15 is 0 Å². The quantitative estimate of drug-likeness (QED) is 0.597. The molecule has 1 aromatic carbocycles. The van der Waals surface area contributed by atoms with Crippen molar-refractivity contribution in [2.75, 3.05) is 28.4 Å².